The molecule has 2 rings (SSSR count). The van der Waals surface area contributed by atoms with Crippen molar-refractivity contribution >= 4 is 11.8 Å². The zero-order chi connectivity index (χ0) is 14.7. The van der Waals surface area contributed by atoms with Crippen LogP contribution in [0.25, 0.3) is 0 Å². The van der Waals surface area contributed by atoms with Crippen molar-refractivity contribution in [2.24, 2.45) is 11.8 Å². The molecule has 1 aliphatic heterocycles. The Morgan fingerprint density at radius 3 is 2.40 bits per heavy atom. The summed E-state index contributed by atoms with van der Waals surface area (Å²) in [6, 6.07) is -0.311. The van der Waals surface area contributed by atoms with Crippen molar-refractivity contribution in [1.82, 2.24) is 10.2 Å². The van der Waals surface area contributed by atoms with Crippen LogP contribution < -0.4 is 5.32 Å². The fourth-order valence-corrected chi connectivity index (χ4v) is 3.43. The van der Waals surface area contributed by atoms with Gasteiger partial charge in [-0.05, 0) is 38.6 Å². The Bertz CT molecular complexity index is 359. The number of rotatable bonds is 5. The number of amides is 2. The summed E-state index contributed by atoms with van der Waals surface area (Å²) >= 11 is 0. The average molecular weight is 280 g/mol. The number of nitrogens with one attached hydrogen (secondary N) is 1. The summed E-state index contributed by atoms with van der Waals surface area (Å²) in [5.74, 6) is 1.61. The molecule has 0 aromatic rings. The predicted molar refractivity (Wildman–Crippen MR) is 79.1 cm³/mol. The fourth-order valence-electron chi connectivity index (χ4n) is 3.43. The molecule has 0 bridgehead atoms. The van der Waals surface area contributed by atoms with E-state index < -0.39 is 0 Å². The van der Waals surface area contributed by atoms with Gasteiger partial charge in [-0.1, -0.05) is 32.6 Å². The number of hydrogen-bond acceptors (Lipinski definition) is 3. The van der Waals surface area contributed by atoms with Crippen LogP contribution in [0.5, 0.6) is 0 Å². The standard InChI is InChI=1S/C16H28N2O2/c1-11(2)18-15(19)10-14(16(18)20)17-9-8-13-6-4-12(3)5-7-13/h11-14,17H,4-10H2,1-3H3. The maximum Gasteiger partial charge on any atom is 0.247 e. The minimum atomic E-state index is -0.285. The number of nitrogens with zero attached hydrogens (tertiary/aromatic N) is 1. The fraction of sp³-hybridized carbons (Fsp3) is 0.875. The summed E-state index contributed by atoms with van der Waals surface area (Å²) in [5, 5.41) is 3.29. The first kappa shape index (κ1) is 15.5. The van der Waals surface area contributed by atoms with Crippen LogP contribution >= 0.6 is 0 Å². The van der Waals surface area contributed by atoms with Gasteiger partial charge in [-0.25, -0.2) is 0 Å². The Kier molecular flexibility index (Phi) is 5.19. The number of hydrogen-bond donors (Lipinski definition) is 1. The maximum absolute atomic E-state index is 12.1. The molecule has 2 amide bonds. The van der Waals surface area contributed by atoms with Crippen LogP contribution in [0.2, 0.25) is 0 Å². The molecule has 1 aliphatic carbocycles. The van der Waals surface area contributed by atoms with E-state index in [0.29, 0.717) is 6.42 Å². The van der Waals surface area contributed by atoms with Gasteiger partial charge in [-0.15, -0.1) is 0 Å². The first-order valence-corrected chi connectivity index (χ1v) is 8.08. The second-order valence-corrected chi connectivity index (χ2v) is 6.82. The van der Waals surface area contributed by atoms with E-state index in [1.54, 1.807) is 0 Å². The summed E-state index contributed by atoms with van der Waals surface area (Å²) in [6.07, 6.45) is 6.78. The van der Waals surface area contributed by atoms with E-state index in [0.717, 1.165) is 24.8 Å². The van der Waals surface area contributed by atoms with Gasteiger partial charge in [-0.2, -0.15) is 0 Å². The van der Waals surface area contributed by atoms with Crippen LogP contribution in [-0.4, -0.2) is 35.3 Å². The molecule has 1 unspecified atom stereocenters. The van der Waals surface area contributed by atoms with E-state index in [-0.39, 0.29) is 23.9 Å². The lowest BCUT2D eigenvalue weighted by molar-refractivity contribution is -0.140. The maximum atomic E-state index is 12.1. The van der Waals surface area contributed by atoms with Crippen molar-refractivity contribution in [2.45, 2.75) is 71.4 Å². The van der Waals surface area contributed by atoms with Gasteiger partial charge in [0.05, 0.1) is 12.5 Å². The smallest absolute Gasteiger partial charge is 0.247 e. The predicted octanol–water partition coefficient (Wildman–Crippen LogP) is 2.33. The molecule has 4 nitrogen and oxygen atoms in total. The van der Waals surface area contributed by atoms with Gasteiger partial charge < -0.3 is 5.32 Å². The van der Waals surface area contributed by atoms with Gasteiger partial charge in [0, 0.05) is 6.04 Å². The van der Waals surface area contributed by atoms with Gasteiger partial charge in [0.1, 0.15) is 0 Å². The summed E-state index contributed by atoms with van der Waals surface area (Å²) in [4.78, 5) is 25.3. The highest BCUT2D eigenvalue weighted by atomic mass is 16.2. The molecule has 1 heterocycles. The minimum absolute atomic E-state index is 0.0263. The zero-order valence-electron chi connectivity index (χ0n) is 13.0. The largest absolute Gasteiger partial charge is 0.305 e. The third-order valence-electron chi connectivity index (χ3n) is 4.78. The van der Waals surface area contributed by atoms with E-state index in [9.17, 15) is 9.59 Å². The lowest BCUT2D eigenvalue weighted by Crippen LogP contribution is -2.42. The Morgan fingerprint density at radius 2 is 1.85 bits per heavy atom. The summed E-state index contributed by atoms with van der Waals surface area (Å²) in [7, 11) is 0. The third-order valence-corrected chi connectivity index (χ3v) is 4.78. The second kappa shape index (κ2) is 6.70. The van der Waals surface area contributed by atoms with Gasteiger partial charge in [0.25, 0.3) is 0 Å². The van der Waals surface area contributed by atoms with Crippen molar-refractivity contribution in [3.05, 3.63) is 0 Å². The van der Waals surface area contributed by atoms with Gasteiger partial charge in [0.15, 0.2) is 0 Å². The molecule has 0 aromatic heterocycles. The molecule has 0 radical (unpaired) electrons. The number of imide groups is 1. The number of likely N-dealkylation sites (tertiary alicyclic amines) is 1. The van der Waals surface area contributed by atoms with E-state index >= 15 is 0 Å². The summed E-state index contributed by atoms with van der Waals surface area (Å²) < 4.78 is 0. The molecule has 114 valence electrons. The van der Waals surface area contributed by atoms with E-state index in [4.69, 9.17) is 0 Å². The quantitative estimate of drug-likeness (QED) is 0.786. The molecule has 1 saturated heterocycles. The van der Waals surface area contributed by atoms with Crippen LogP contribution in [0.4, 0.5) is 0 Å². The summed E-state index contributed by atoms with van der Waals surface area (Å²) in [6.45, 7) is 6.97. The van der Waals surface area contributed by atoms with E-state index in [2.05, 4.69) is 12.2 Å². The molecule has 20 heavy (non-hydrogen) atoms. The Hall–Kier alpha value is -0.900. The van der Waals surface area contributed by atoms with Gasteiger partial charge >= 0.3 is 0 Å². The first-order chi connectivity index (χ1) is 9.49. The molecule has 2 fully saturated rings. The van der Waals surface area contributed by atoms with Gasteiger partial charge in [0.2, 0.25) is 11.8 Å². The van der Waals surface area contributed by atoms with Crippen LogP contribution in [0.1, 0.15) is 59.3 Å². The lowest BCUT2D eigenvalue weighted by Gasteiger charge is -2.26. The lowest BCUT2D eigenvalue weighted by atomic mass is 9.81. The SMILES string of the molecule is CC1CCC(CCNC2CC(=O)N(C(C)C)C2=O)CC1. The van der Waals surface area contributed by atoms with Gasteiger partial charge in [-0.3, -0.25) is 14.5 Å². The van der Waals surface area contributed by atoms with E-state index in [1.807, 2.05) is 13.8 Å². The van der Waals surface area contributed by atoms with Crippen molar-refractivity contribution in [2.75, 3.05) is 6.54 Å². The Labute approximate surface area is 122 Å². The highest BCUT2D eigenvalue weighted by Gasteiger charge is 2.39. The summed E-state index contributed by atoms with van der Waals surface area (Å²) in [5.41, 5.74) is 0. The Balaban J connectivity index is 1.72. The van der Waals surface area contributed by atoms with Crippen LogP contribution in [-0.2, 0) is 9.59 Å². The molecule has 0 aromatic carbocycles. The molecule has 2 aliphatic rings. The monoisotopic (exact) mass is 280 g/mol. The zero-order valence-corrected chi connectivity index (χ0v) is 13.0. The molecule has 4 heteroatoms. The number of carbonyl (C=O) groups is 2. The van der Waals surface area contributed by atoms with Crippen LogP contribution in [0.15, 0.2) is 0 Å². The topological polar surface area (TPSA) is 49.4 Å². The van der Waals surface area contributed by atoms with E-state index in [1.165, 1.54) is 30.6 Å². The molecule has 1 atom stereocenters. The Morgan fingerprint density at radius 1 is 1.20 bits per heavy atom. The minimum Gasteiger partial charge on any atom is -0.305 e. The van der Waals surface area contributed by atoms with Crippen molar-refractivity contribution in [3.8, 4) is 0 Å². The average Bonchev–Trinajstić information content (AvgIpc) is 2.67. The highest BCUT2D eigenvalue weighted by Crippen LogP contribution is 2.30. The van der Waals surface area contributed by atoms with Crippen molar-refractivity contribution in [3.63, 3.8) is 0 Å². The van der Waals surface area contributed by atoms with Crippen LogP contribution in [0, 0.1) is 11.8 Å². The molecule has 1 N–H and O–H groups in total. The molecular formula is C16H28N2O2. The molecule has 1 saturated carbocycles. The highest BCUT2D eigenvalue weighted by molar-refractivity contribution is 6.05. The normalized spacial score (nSPS) is 31.4. The van der Waals surface area contributed by atoms with Crippen molar-refractivity contribution in [1.29, 1.82) is 0 Å². The second-order valence-electron chi connectivity index (χ2n) is 6.82. The van der Waals surface area contributed by atoms with Crippen molar-refractivity contribution < 1.29 is 9.59 Å². The van der Waals surface area contributed by atoms with Crippen LogP contribution in [0.3, 0.4) is 0 Å². The molecule has 0 spiro atoms. The molecular weight excluding hydrogens is 252 g/mol. The number of carbonyl (C=O) groups excluding carboxylic acids is 2. The first-order valence-electron chi connectivity index (χ1n) is 8.08. The third kappa shape index (κ3) is 3.60.